The summed E-state index contributed by atoms with van der Waals surface area (Å²) >= 11 is 0. The highest BCUT2D eigenvalue weighted by molar-refractivity contribution is 7.92. The largest absolute Gasteiger partial charge is 0.339 e. The molecule has 5 nitrogen and oxygen atoms in total. The van der Waals surface area contributed by atoms with Gasteiger partial charge in [-0.1, -0.05) is 54.6 Å². The molecule has 0 saturated carbocycles. The van der Waals surface area contributed by atoms with Gasteiger partial charge in [-0.25, -0.2) is 8.42 Å². The zero-order valence-electron chi connectivity index (χ0n) is 17.2. The van der Waals surface area contributed by atoms with Crippen molar-refractivity contribution in [1.29, 1.82) is 0 Å². The van der Waals surface area contributed by atoms with Crippen LogP contribution in [-0.2, 0) is 16.6 Å². The third-order valence-electron chi connectivity index (χ3n) is 4.93. The summed E-state index contributed by atoms with van der Waals surface area (Å²) in [5.74, 6) is -0.175. The molecule has 3 aromatic rings. The van der Waals surface area contributed by atoms with Gasteiger partial charge in [-0.15, -0.1) is 0 Å². The predicted octanol–water partition coefficient (Wildman–Crippen LogP) is 4.56. The lowest BCUT2D eigenvalue weighted by Gasteiger charge is -2.25. The first-order valence-electron chi connectivity index (χ1n) is 9.98. The van der Waals surface area contributed by atoms with Crippen molar-refractivity contribution >= 4 is 21.6 Å². The molecule has 0 aromatic heterocycles. The van der Waals surface area contributed by atoms with Crippen molar-refractivity contribution in [2.24, 2.45) is 0 Å². The smallest absolute Gasteiger partial charge is 0.264 e. The predicted molar refractivity (Wildman–Crippen MR) is 120 cm³/mol. The number of sulfonamides is 1. The van der Waals surface area contributed by atoms with Gasteiger partial charge in [0.2, 0.25) is 0 Å². The van der Waals surface area contributed by atoms with Gasteiger partial charge in [0.25, 0.3) is 15.9 Å². The molecule has 0 aliphatic carbocycles. The Balaban J connectivity index is 2.03. The van der Waals surface area contributed by atoms with Crippen molar-refractivity contribution < 1.29 is 13.2 Å². The molecule has 0 aliphatic rings. The molecule has 30 heavy (non-hydrogen) atoms. The molecule has 0 bridgehead atoms. The van der Waals surface area contributed by atoms with Crippen LogP contribution in [0.3, 0.4) is 0 Å². The van der Waals surface area contributed by atoms with Crippen molar-refractivity contribution in [1.82, 2.24) is 4.90 Å². The molecule has 0 unspecified atom stereocenters. The molecule has 0 atom stereocenters. The third-order valence-corrected chi connectivity index (χ3v) is 6.70. The van der Waals surface area contributed by atoms with Crippen LogP contribution >= 0.6 is 0 Å². The summed E-state index contributed by atoms with van der Waals surface area (Å²) in [6.07, 6.45) is 0. The number of benzene rings is 3. The van der Waals surface area contributed by atoms with Gasteiger partial charge >= 0.3 is 0 Å². The Bertz CT molecular complexity index is 1080. The first-order valence-corrected chi connectivity index (χ1v) is 11.4. The second kappa shape index (κ2) is 9.59. The van der Waals surface area contributed by atoms with E-state index in [4.69, 9.17) is 0 Å². The fraction of sp³-hybridized carbons (Fsp3) is 0.208. The van der Waals surface area contributed by atoms with Gasteiger partial charge in [0.1, 0.15) is 0 Å². The number of para-hydroxylation sites is 1. The highest BCUT2D eigenvalue weighted by atomic mass is 32.2. The minimum atomic E-state index is -3.88. The monoisotopic (exact) mass is 422 g/mol. The normalized spacial score (nSPS) is 11.1. The molecule has 0 aliphatic heterocycles. The van der Waals surface area contributed by atoms with E-state index in [9.17, 15) is 13.2 Å². The van der Waals surface area contributed by atoms with Crippen LogP contribution in [0.25, 0.3) is 0 Å². The van der Waals surface area contributed by atoms with Crippen molar-refractivity contribution in [2.45, 2.75) is 25.3 Å². The maximum atomic E-state index is 13.6. The Hall–Kier alpha value is -3.12. The Morgan fingerprint density at radius 1 is 0.800 bits per heavy atom. The number of nitrogens with zero attached hydrogens (tertiary/aromatic N) is 2. The zero-order chi connectivity index (χ0) is 21.6. The van der Waals surface area contributed by atoms with Crippen molar-refractivity contribution in [2.75, 3.05) is 17.4 Å². The first kappa shape index (κ1) is 21.6. The van der Waals surface area contributed by atoms with Crippen LogP contribution in [0.2, 0.25) is 0 Å². The minimum Gasteiger partial charge on any atom is -0.339 e. The minimum absolute atomic E-state index is 0.0975. The standard InChI is InChI=1S/C24H26N2O3S/c1-3-25(4-2)24(27)21-14-11-17-23(18-21)30(28,29)26(22-15-9-6-10-16-22)19-20-12-7-5-8-13-20/h5-18H,3-4,19H2,1-2H3. The fourth-order valence-electron chi connectivity index (χ4n) is 3.27. The molecular weight excluding hydrogens is 396 g/mol. The molecule has 3 aromatic carbocycles. The molecule has 3 rings (SSSR count). The van der Waals surface area contributed by atoms with Gasteiger partial charge < -0.3 is 4.90 Å². The van der Waals surface area contributed by atoms with E-state index < -0.39 is 10.0 Å². The maximum Gasteiger partial charge on any atom is 0.264 e. The highest BCUT2D eigenvalue weighted by Crippen LogP contribution is 2.26. The topological polar surface area (TPSA) is 57.7 Å². The first-order chi connectivity index (χ1) is 14.5. The van der Waals surface area contributed by atoms with Gasteiger partial charge in [-0.2, -0.15) is 0 Å². The molecule has 0 radical (unpaired) electrons. The number of carbonyl (C=O) groups excluding carboxylic acids is 1. The Morgan fingerprint density at radius 2 is 1.40 bits per heavy atom. The van der Waals surface area contributed by atoms with Crippen molar-refractivity contribution in [3.05, 3.63) is 96.1 Å². The van der Waals surface area contributed by atoms with Crippen molar-refractivity contribution in [3.63, 3.8) is 0 Å². The molecular formula is C24H26N2O3S. The fourth-order valence-corrected chi connectivity index (χ4v) is 4.77. The van der Waals surface area contributed by atoms with E-state index in [-0.39, 0.29) is 17.3 Å². The molecule has 0 heterocycles. The van der Waals surface area contributed by atoms with E-state index in [0.29, 0.717) is 24.3 Å². The lowest BCUT2D eigenvalue weighted by Crippen LogP contribution is -2.32. The number of anilines is 1. The number of hydrogen-bond donors (Lipinski definition) is 0. The van der Waals surface area contributed by atoms with Crippen LogP contribution in [0.15, 0.2) is 89.8 Å². The molecule has 0 fully saturated rings. The van der Waals surface area contributed by atoms with E-state index in [1.54, 1.807) is 29.2 Å². The lowest BCUT2D eigenvalue weighted by molar-refractivity contribution is 0.0772. The second-order valence-electron chi connectivity index (χ2n) is 6.84. The van der Waals surface area contributed by atoms with Gasteiger partial charge in [-0.3, -0.25) is 9.10 Å². The molecule has 1 amide bonds. The third kappa shape index (κ3) is 4.71. The maximum absolute atomic E-state index is 13.6. The highest BCUT2D eigenvalue weighted by Gasteiger charge is 2.26. The number of rotatable bonds is 8. The molecule has 6 heteroatoms. The number of hydrogen-bond acceptors (Lipinski definition) is 3. The van der Waals surface area contributed by atoms with Crippen LogP contribution in [0.5, 0.6) is 0 Å². The van der Waals surface area contributed by atoms with E-state index in [1.807, 2.05) is 62.4 Å². The van der Waals surface area contributed by atoms with Gasteiger partial charge in [-0.05, 0) is 49.7 Å². The second-order valence-corrected chi connectivity index (χ2v) is 8.70. The number of amides is 1. The number of carbonyl (C=O) groups is 1. The Labute approximate surface area is 178 Å². The summed E-state index contributed by atoms with van der Waals surface area (Å²) in [4.78, 5) is 14.5. The Morgan fingerprint density at radius 3 is 2.00 bits per heavy atom. The van der Waals surface area contributed by atoms with Crippen LogP contribution < -0.4 is 4.31 Å². The van der Waals surface area contributed by atoms with Crippen LogP contribution in [-0.4, -0.2) is 32.3 Å². The lowest BCUT2D eigenvalue weighted by atomic mass is 10.2. The zero-order valence-corrected chi connectivity index (χ0v) is 18.0. The molecule has 0 spiro atoms. The molecule has 0 saturated heterocycles. The van der Waals surface area contributed by atoms with E-state index in [0.717, 1.165) is 5.56 Å². The summed E-state index contributed by atoms with van der Waals surface area (Å²) in [7, 11) is -3.88. The average molecular weight is 423 g/mol. The molecule has 0 N–H and O–H groups in total. The summed E-state index contributed by atoms with van der Waals surface area (Å²) in [5, 5.41) is 0. The van der Waals surface area contributed by atoms with Crippen LogP contribution in [0, 0.1) is 0 Å². The average Bonchev–Trinajstić information content (AvgIpc) is 2.79. The summed E-state index contributed by atoms with van der Waals surface area (Å²) in [6.45, 7) is 5.13. The van der Waals surface area contributed by atoms with Crippen LogP contribution in [0.4, 0.5) is 5.69 Å². The SMILES string of the molecule is CCN(CC)C(=O)c1cccc(S(=O)(=O)N(Cc2ccccc2)c2ccccc2)c1. The quantitative estimate of drug-likeness (QED) is 0.535. The van der Waals surface area contributed by atoms with E-state index in [1.165, 1.54) is 16.4 Å². The summed E-state index contributed by atoms with van der Waals surface area (Å²) in [5.41, 5.74) is 1.81. The Kier molecular flexibility index (Phi) is 6.90. The van der Waals surface area contributed by atoms with Crippen LogP contribution in [0.1, 0.15) is 29.8 Å². The van der Waals surface area contributed by atoms with E-state index >= 15 is 0 Å². The van der Waals surface area contributed by atoms with Gasteiger partial charge in [0.05, 0.1) is 17.1 Å². The van der Waals surface area contributed by atoms with E-state index in [2.05, 4.69) is 0 Å². The van der Waals surface area contributed by atoms with Gasteiger partial charge in [0, 0.05) is 18.7 Å². The molecule has 156 valence electrons. The van der Waals surface area contributed by atoms with Gasteiger partial charge in [0.15, 0.2) is 0 Å². The summed E-state index contributed by atoms with van der Waals surface area (Å²) in [6, 6.07) is 24.7. The summed E-state index contributed by atoms with van der Waals surface area (Å²) < 4.78 is 28.6. The van der Waals surface area contributed by atoms with Crippen molar-refractivity contribution in [3.8, 4) is 0 Å².